The van der Waals surface area contributed by atoms with Crippen LogP contribution in [0.3, 0.4) is 0 Å². The van der Waals surface area contributed by atoms with Crippen molar-refractivity contribution in [2.75, 3.05) is 6.54 Å². The number of aliphatic carboxylic acids is 1. The maximum absolute atomic E-state index is 11.2. The third kappa shape index (κ3) is 4.54. The van der Waals surface area contributed by atoms with Gasteiger partial charge in [0.05, 0.1) is 6.42 Å². The van der Waals surface area contributed by atoms with Gasteiger partial charge in [-0.1, -0.05) is 0 Å². The van der Waals surface area contributed by atoms with Gasteiger partial charge in [0.2, 0.25) is 5.91 Å². The molecule has 1 aromatic heterocycles. The van der Waals surface area contributed by atoms with E-state index in [0.29, 0.717) is 6.54 Å². The van der Waals surface area contributed by atoms with Gasteiger partial charge in [-0.3, -0.25) is 9.59 Å². The highest BCUT2D eigenvalue weighted by atomic mass is 16.4. The maximum atomic E-state index is 11.2. The van der Waals surface area contributed by atoms with E-state index in [1.54, 1.807) is 0 Å². The Labute approximate surface area is 93.7 Å². The topological polar surface area (TPSA) is 70.3 Å². The van der Waals surface area contributed by atoms with Crippen LogP contribution in [0.1, 0.15) is 12.0 Å². The predicted molar refractivity (Wildman–Crippen MR) is 56.6 cm³/mol. The molecule has 0 unspecified atom stereocenters. The van der Waals surface area contributed by atoms with Gasteiger partial charge in [-0.15, -0.1) is 0 Å². The van der Waals surface area contributed by atoms with Gasteiger partial charge in [-0.25, -0.2) is 4.57 Å². The number of carbonyl (C=O) groups excluding carboxylic acids is 1. The number of carboxylic acid groups (broad SMARTS) is 1. The number of aromatic nitrogens is 1. The number of hydrogen-bond donors (Lipinski definition) is 2. The number of nitrogens with one attached hydrogen (secondary N) is 1. The van der Waals surface area contributed by atoms with Crippen molar-refractivity contribution in [3.63, 3.8) is 0 Å². The van der Waals surface area contributed by atoms with E-state index in [4.69, 9.17) is 5.11 Å². The van der Waals surface area contributed by atoms with Crippen molar-refractivity contribution in [1.82, 2.24) is 5.32 Å². The molecule has 0 saturated heterocycles. The highest BCUT2D eigenvalue weighted by molar-refractivity contribution is 5.80. The second kappa shape index (κ2) is 5.85. The molecule has 1 amide bonds. The number of carboxylic acids is 1. The molecular formula is C11H15N2O3+. The molecule has 0 atom stereocenters. The summed E-state index contributed by atoms with van der Waals surface area (Å²) in [5, 5.41) is 10.7. The van der Waals surface area contributed by atoms with Crippen molar-refractivity contribution in [2.24, 2.45) is 0 Å². The lowest BCUT2D eigenvalue weighted by Crippen LogP contribution is -2.37. The number of hydrogen-bond acceptors (Lipinski definition) is 2. The molecule has 16 heavy (non-hydrogen) atoms. The second-order valence-electron chi connectivity index (χ2n) is 3.53. The Balaban J connectivity index is 2.31. The van der Waals surface area contributed by atoms with Crippen LogP contribution < -0.4 is 9.88 Å². The summed E-state index contributed by atoms with van der Waals surface area (Å²) in [5.41, 5.74) is 1.16. The average molecular weight is 223 g/mol. The van der Waals surface area contributed by atoms with Crippen LogP contribution in [0.15, 0.2) is 24.5 Å². The molecule has 0 aliphatic carbocycles. The van der Waals surface area contributed by atoms with Crippen LogP contribution in [-0.2, 0) is 16.1 Å². The highest BCUT2D eigenvalue weighted by Crippen LogP contribution is 1.90. The maximum Gasteiger partial charge on any atom is 0.322 e. The Morgan fingerprint density at radius 1 is 1.38 bits per heavy atom. The van der Waals surface area contributed by atoms with Gasteiger partial charge in [0.25, 0.3) is 0 Å². The summed E-state index contributed by atoms with van der Waals surface area (Å²) in [6, 6.07) is 3.91. The molecule has 2 N–H and O–H groups in total. The fourth-order valence-corrected chi connectivity index (χ4v) is 1.17. The highest BCUT2D eigenvalue weighted by Gasteiger charge is 2.07. The molecule has 1 aromatic rings. The number of aryl methyl sites for hydroxylation is 2. The van der Waals surface area contributed by atoms with Crippen molar-refractivity contribution in [3.05, 3.63) is 30.1 Å². The summed E-state index contributed by atoms with van der Waals surface area (Å²) in [6.07, 6.45) is 4.06. The first-order chi connectivity index (χ1) is 7.58. The summed E-state index contributed by atoms with van der Waals surface area (Å²) in [4.78, 5) is 21.4. The van der Waals surface area contributed by atoms with Crippen molar-refractivity contribution >= 4 is 11.9 Å². The van der Waals surface area contributed by atoms with Gasteiger partial charge in [0.1, 0.15) is 6.54 Å². The molecular weight excluding hydrogens is 208 g/mol. The van der Waals surface area contributed by atoms with Crippen LogP contribution in [0, 0.1) is 6.92 Å². The molecule has 0 saturated carbocycles. The molecule has 0 bridgehead atoms. The van der Waals surface area contributed by atoms with Crippen LogP contribution in [0.4, 0.5) is 0 Å². The number of pyridine rings is 1. The zero-order valence-electron chi connectivity index (χ0n) is 9.14. The van der Waals surface area contributed by atoms with E-state index in [0.717, 1.165) is 5.56 Å². The molecule has 5 heteroatoms. The molecule has 86 valence electrons. The first kappa shape index (κ1) is 12.2. The van der Waals surface area contributed by atoms with E-state index in [1.165, 1.54) is 0 Å². The smallest absolute Gasteiger partial charge is 0.322 e. The van der Waals surface area contributed by atoms with Crippen LogP contribution in [0.2, 0.25) is 0 Å². The molecule has 0 spiro atoms. The largest absolute Gasteiger partial charge is 0.480 e. The van der Waals surface area contributed by atoms with Crippen molar-refractivity contribution < 1.29 is 19.3 Å². The second-order valence-corrected chi connectivity index (χ2v) is 3.53. The standard InChI is InChI=1S/C11H14N2O3/c1-9-2-5-13(6-3-9)7-4-10(14)12-8-11(15)16/h2-3,5-6H,4,7-8H2,1H3,(H-,12,14,15,16)/p+1. The Bertz CT molecular complexity index is 373. The minimum atomic E-state index is -1.03. The lowest BCUT2D eigenvalue weighted by molar-refractivity contribution is -0.695. The van der Waals surface area contributed by atoms with Crippen LogP contribution in [0.5, 0.6) is 0 Å². The van der Waals surface area contributed by atoms with Crippen molar-refractivity contribution in [1.29, 1.82) is 0 Å². The molecule has 0 fully saturated rings. The molecule has 1 rings (SSSR count). The van der Waals surface area contributed by atoms with E-state index >= 15 is 0 Å². The summed E-state index contributed by atoms with van der Waals surface area (Å²) >= 11 is 0. The van der Waals surface area contributed by atoms with Gasteiger partial charge in [0.15, 0.2) is 18.9 Å². The SMILES string of the molecule is Cc1cc[n+](CCC(=O)NCC(=O)O)cc1. The van der Waals surface area contributed by atoms with E-state index in [1.807, 2.05) is 36.0 Å². The Morgan fingerprint density at radius 3 is 2.56 bits per heavy atom. The molecule has 0 aliphatic rings. The first-order valence-corrected chi connectivity index (χ1v) is 5.02. The predicted octanol–water partition coefficient (Wildman–Crippen LogP) is -0.127. The quantitative estimate of drug-likeness (QED) is 0.683. The van der Waals surface area contributed by atoms with E-state index in [2.05, 4.69) is 5.32 Å². The summed E-state index contributed by atoms with van der Waals surface area (Å²) in [7, 11) is 0. The van der Waals surface area contributed by atoms with Gasteiger partial charge in [0, 0.05) is 12.1 Å². The van der Waals surface area contributed by atoms with E-state index < -0.39 is 5.97 Å². The molecule has 0 radical (unpaired) electrons. The number of amides is 1. The summed E-state index contributed by atoms with van der Waals surface area (Å²) in [5.74, 6) is -1.29. The lowest BCUT2D eigenvalue weighted by atomic mass is 10.3. The van der Waals surface area contributed by atoms with Crippen LogP contribution in [0.25, 0.3) is 0 Å². The fraction of sp³-hybridized carbons (Fsp3) is 0.364. The number of nitrogens with zero attached hydrogens (tertiary/aromatic N) is 1. The molecule has 5 nitrogen and oxygen atoms in total. The van der Waals surface area contributed by atoms with Gasteiger partial charge < -0.3 is 10.4 Å². The van der Waals surface area contributed by atoms with E-state index in [-0.39, 0.29) is 18.9 Å². The average Bonchev–Trinajstić information content (AvgIpc) is 2.25. The Hall–Kier alpha value is -1.91. The third-order valence-corrected chi connectivity index (χ3v) is 2.09. The molecule has 1 heterocycles. The molecule has 0 aromatic carbocycles. The number of carbonyl (C=O) groups is 2. The minimum absolute atomic E-state index is 0.254. The monoisotopic (exact) mass is 223 g/mol. The normalized spacial score (nSPS) is 9.81. The Kier molecular flexibility index (Phi) is 4.44. The lowest BCUT2D eigenvalue weighted by Gasteiger charge is -2.00. The van der Waals surface area contributed by atoms with Gasteiger partial charge in [-0.05, 0) is 12.5 Å². The van der Waals surface area contributed by atoms with Gasteiger partial charge >= 0.3 is 5.97 Å². The first-order valence-electron chi connectivity index (χ1n) is 5.02. The zero-order chi connectivity index (χ0) is 12.0. The minimum Gasteiger partial charge on any atom is -0.480 e. The van der Waals surface area contributed by atoms with Crippen molar-refractivity contribution in [2.45, 2.75) is 19.9 Å². The van der Waals surface area contributed by atoms with Crippen LogP contribution in [-0.4, -0.2) is 23.5 Å². The summed E-state index contributed by atoms with van der Waals surface area (Å²) < 4.78 is 1.88. The number of rotatable bonds is 5. The van der Waals surface area contributed by atoms with E-state index in [9.17, 15) is 9.59 Å². The van der Waals surface area contributed by atoms with Crippen molar-refractivity contribution in [3.8, 4) is 0 Å². The third-order valence-electron chi connectivity index (χ3n) is 2.09. The van der Waals surface area contributed by atoms with Gasteiger partial charge in [-0.2, -0.15) is 0 Å². The van der Waals surface area contributed by atoms with Crippen LogP contribution >= 0.6 is 0 Å². The summed E-state index contributed by atoms with van der Waals surface area (Å²) in [6.45, 7) is 2.22. The Morgan fingerprint density at radius 2 is 2.00 bits per heavy atom. The molecule has 0 aliphatic heterocycles. The fourth-order valence-electron chi connectivity index (χ4n) is 1.17. The zero-order valence-corrected chi connectivity index (χ0v) is 9.14.